The molecular weight excluding hydrogens is 436 g/mol. The number of para-hydroxylation sites is 2. The van der Waals surface area contributed by atoms with E-state index in [1.54, 1.807) is 22.9 Å². The van der Waals surface area contributed by atoms with E-state index in [9.17, 15) is 19.8 Å². The molecule has 10 heteroatoms. The number of aliphatic hydroxyl groups excluding tert-OH is 1. The molecule has 8 nitrogen and oxygen atoms in total. The van der Waals surface area contributed by atoms with Gasteiger partial charge in [0.05, 0.1) is 23.2 Å². The molecule has 5 N–H and O–H groups in total. The normalized spacial score (nSPS) is 11.7. The van der Waals surface area contributed by atoms with Gasteiger partial charge in [0, 0.05) is 11.9 Å². The molecule has 0 aliphatic heterocycles. The molecule has 0 spiro atoms. The van der Waals surface area contributed by atoms with Gasteiger partial charge in [0.15, 0.2) is 5.13 Å². The highest BCUT2D eigenvalue weighted by Crippen LogP contribution is 2.28. The number of rotatable bonds is 11. The number of nitrogens with one attached hydrogen (secondary N) is 3. The predicted molar refractivity (Wildman–Crippen MR) is 125 cm³/mol. The van der Waals surface area contributed by atoms with Crippen molar-refractivity contribution < 1.29 is 19.8 Å². The summed E-state index contributed by atoms with van der Waals surface area (Å²) >= 11 is 2.34. The number of thiazole rings is 1. The van der Waals surface area contributed by atoms with E-state index in [1.165, 1.54) is 11.3 Å². The fourth-order valence-corrected chi connectivity index (χ4v) is 4.30. The van der Waals surface area contributed by atoms with Gasteiger partial charge in [0.25, 0.3) is 5.91 Å². The number of nitrogens with zero attached hydrogens (tertiary/aromatic N) is 1. The first-order chi connectivity index (χ1) is 15.0. The van der Waals surface area contributed by atoms with Crippen LogP contribution in [0.2, 0.25) is 0 Å². The van der Waals surface area contributed by atoms with Crippen molar-refractivity contribution in [2.24, 2.45) is 0 Å². The number of carbonyl (C=O) groups excluding carboxylic acids is 1. The van der Waals surface area contributed by atoms with Crippen LogP contribution >= 0.6 is 22.7 Å². The fourth-order valence-electron chi connectivity index (χ4n) is 2.91. The molecule has 0 radical (unpaired) electrons. The largest absolute Gasteiger partial charge is 0.477 e. The highest BCUT2D eigenvalue weighted by Gasteiger charge is 2.16. The number of aliphatic hydroxyl groups is 1. The van der Waals surface area contributed by atoms with E-state index >= 15 is 0 Å². The van der Waals surface area contributed by atoms with Crippen molar-refractivity contribution >= 4 is 56.7 Å². The molecule has 1 atom stereocenters. The van der Waals surface area contributed by atoms with E-state index in [0.29, 0.717) is 29.5 Å². The van der Waals surface area contributed by atoms with Crippen molar-refractivity contribution in [3.8, 4) is 0 Å². The van der Waals surface area contributed by atoms with E-state index in [1.807, 2.05) is 25.1 Å². The number of hydrogen-bond acceptors (Lipinski definition) is 8. The third-order valence-electron chi connectivity index (χ3n) is 4.43. The van der Waals surface area contributed by atoms with Crippen molar-refractivity contribution in [2.45, 2.75) is 32.3 Å². The highest BCUT2D eigenvalue weighted by atomic mass is 32.1. The van der Waals surface area contributed by atoms with Gasteiger partial charge in [-0.2, -0.15) is 0 Å². The summed E-state index contributed by atoms with van der Waals surface area (Å²) in [6.07, 6.45) is 1.98. The predicted octanol–water partition coefficient (Wildman–Crippen LogP) is 4.86. The Balaban J connectivity index is 1.62. The maximum atomic E-state index is 12.7. The van der Waals surface area contributed by atoms with Gasteiger partial charge in [-0.25, -0.2) is 9.78 Å². The molecular formula is C21H24N4O4S2. The number of amides is 1. The lowest BCUT2D eigenvalue weighted by atomic mass is 10.1. The van der Waals surface area contributed by atoms with Crippen LogP contribution in [0.3, 0.4) is 0 Å². The van der Waals surface area contributed by atoms with Crippen LogP contribution in [0.4, 0.5) is 22.2 Å². The summed E-state index contributed by atoms with van der Waals surface area (Å²) in [5.74, 6) is -1.38. The van der Waals surface area contributed by atoms with Gasteiger partial charge in [-0.3, -0.25) is 4.79 Å². The number of hydrogen-bond donors (Lipinski definition) is 5. The molecule has 0 fully saturated rings. The number of anilines is 4. The molecule has 31 heavy (non-hydrogen) atoms. The number of aromatic nitrogens is 1. The molecule has 1 aromatic carbocycles. The van der Waals surface area contributed by atoms with Gasteiger partial charge in [-0.05, 0) is 36.4 Å². The summed E-state index contributed by atoms with van der Waals surface area (Å²) in [6, 6.07) is 9.00. The Kier molecular flexibility index (Phi) is 7.99. The second kappa shape index (κ2) is 10.9. The van der Waals surface area contributed by atoms with Gasteiger partial charge in [0.2, 0.25) is 0 Å². The molecule has 3 rings (SSSR count). The quantitative estimate of drug-likeness (QED) is 0.277. The number of carbonyl (C=O) groups is 2. The van der Waals surface area contributed by atoms with Crippen LogP contribution < -0.4 is 16.0 Å². The Labute approximate surface area is 188 Å². The standard InChI is InChI=1S/C21H24N4O4S2/c1-2-5-13(26)8-10-22-14-6-3-4-7-15(14)23-19(27)17-12-31-21(25-17)24-16-9-11-30-18(16)20(28)29/h3-4,6-7,9,11-13,22,26H,2,5,8,10H2,1H3,(H,23,27)(H,24,25)(H,28,29). The number of aromatic carboxylic acids is 1. The van der Waals surface area contributed by atoms with Crippen molar-refractivity contribution in [2.75, 3.05) is 22.5 Å². The van der Waals surface area contributed by atoms with Gasteiger partial charge in [0.1, 0.15) is 10.6 Å². The lowest BCUT2D eigenvalue weighted by Gasteiger charge is -2.14. The lowest BCUT2D eigenvalue weighted by molar-refractivity contribution is 0.0703. The molecule has 0 aliphatic carbocycles. The number of carboxylic acid groups (broad SMARTS) is 1. The van der Waals surface area contributed by atoms with Gasteiger partial charge in [-0.1, -0.05) is 25.5 Å². The SMILES string of the molecule is CCCC(O)CCNc1ccccc1NC(=O)c1csc(Nc2ccsc2C(=O)O)n1. The topological polar surface area (TPSA) is 124 Å². The van der Waals surface area contributed by atoms with Crippen LogP contribution in [0.15, 0.2) is 41.1 Å². The van der Waals surface area contributed by atoms with E-state index < -0.39 is 5.97 Å². The second-order valence-corrected chi connectivity index (χ2v) is 8.56. The van der Waals surface area contributed by atoms with Gasteiger partial charge < -0.3 is 26.2 Å². The summed E-state index contributed by atoms with van der Waals surface area (Å²) in [5.41, 5.74) is 2.05. The molecule has 0 aliphatic rings. The van der Waals surface area contributed by atoms with Crippen LogP contribution in [0.25, 0.3) is 0 Å². The fraction of sp³-hybridized carbons (Fsp3) is 0.286. The molecule has 0 bridgehead atoms. The maximum absolute atomic E-state index is 12.7. The summed E-state index contributed by atoms with van der Waals surface area (Å²) in [5, 5.41) is 31.9. The number of thiophene rings is 1. The molecule has 1 unspecified atom stereocenters. The van der Waals surface area contributed by atoms with Crippen molar-refractivity contribution in [3.63, 3.8) is 0 Å². The Hall–Kier alpha value is -2.95. The minimum Gasteiger partial charge on any atom is -0.477 e. The minimum absolute atomic E-state index is 0.185. The van der Waals surface area contributed by atoms with E-state index in [0.717, 1.165) is 29.9 Å². The average Bonchev–Trinajstić information content (AvgIpc) is 3.39. The first-order valence-corrected chi connectivity index (χ1v) is 11.6. The van der Waals surface area contributed by atoms with E-state index in [2.05, 4.69) is 20.9 Å². The van der Waals surface area contributed by atoms with Crippen molar-refractivity contribution in [1.82, 2.24) is 4.98 Å². The zero-order chi connectivity index (χ0) is 22.2. The van der Waals surface area contributed by atoms with Gasteiger partial charge in [-0.15, -0.1) is 22.7 Å². The van der Waals surface area contributed by atoms with Crippen molar-refractivity contribution in [3.05, 3.63) is 51.7 Å². The third kappa shape index (κ3) is 6.27. The van der Waals surface area contributed by atoms with E-state index in [4.69, 9.17) is 0 Å². The van der Waals surface area contributed by atoms with E-state index in [-0.39, 0.29) is 22.6 Å². The van der Waals surface area contributed by atoms with Crippen molar-refractivity contribution in [1.29, 1.82) is 0 Å². The monoisotopic (exact) mass is 460 g/mol. The first kappa shape index (κ1) is 22.7. The second-order valence-electron chi connectivity index (χ2n) is 6.79. The smallest absolute Gasteiger partial charge is 0.348 e. The molecule has 0 saturated carbocycles. The summed E-state index contributed by atoms with van der Waals surface area (Å²) in [7, 11) is 0. The summed E-state index contributed by atoms with van der Waals surface area (Å²) in [6.45, 7) is 2.62. The zero-order valence-electron chi connectivity index (χ0n) is 16.9. The Bertz CT molecular complexity index is 1030. The maximum Gasteiger partial charge on any atom is 0.348 e. The molecule has 3 aromatic rings. The van der Waals surface area contributed by atoms with Gasteiger partial charge >= 0.3 is 5.97 Å². The summed E-state index contributed by atoms with van der Waals surface area (Å²) in [4.78, 5) is 28.4. The number of carboxylic acids is 1. The Morgan fingerprint density at radius 3 is 2.61 bits per heavy atom. The van der Waals surface area contributed by atoms with Crippen LogP contribution in [0.1, 0.15) is 46.3 Å². The number of benzene rings is 1. The van der Waals surface area contributed by atoms with Crippen LogP contribution in [0.5, 0.6) is 0 Å². The Morgan fingerprint density at radius 1 is 1.10 bits per heavy atom. The zero-order valence-corrected chi connectivity index (χ0v) is 18.6. The third-order valence-corrected chi connectivity index (χ3v) is 6.09. The molecule has 0 saturated heterocycles. The van der Waals surface area contributed by atoms with Crippen LogP contribution in [-0.2, 0) is 0 Å². The minimum atomic E-state index is -1.02. The Morgan fingerprint density at radius 2 is 1.87 bits per heavy atom. The van der Waals surface area contributed by atoms with Crippen LogP contribution in [0, 0.1) is 0 Å². The molecule has 1 amide bonds. The first-order valence-electron chi connectivity index (χ1n) is 9.83. The molecule has 2 aromatic heterocycles. The molecule has 164 valence electrons. The molecule has 2 heterocycles. The average molecular weight is 461 g/mol. The highest BCUT2D eigenvalue weighted by molar-refractivity contribution is 7.14. The summed E-state index contributed by atoms with van der Waals surface area (Å²) < 4.78 is 0. The van der Waals surface area contributed by atoms with Crippen LogP contribution in [-0.4, -0.2) is 39.7 Å². The lowest BCUT2D eigenvalue weighted by Crippen LogP contribution is -2.16.